The summed E-state index contributed by atoms with van der Waals surface area (Å²) in [5.41, 5.74) is 7.24. The van der Waals surface area contributed by atoms with Crippen molar-refractivity contribution in [1.29, 1.82) is 0 Å². The van der Waals surface area contributed by atoms with Gasteiger partial charge in [-0.1, -0.05) is 23.7 Å². The van der Waals surface area contributed by atoms with E-state index in [0.29, 0.717) is 46.7 Å². The number of methoxy groups -OCH3 is 1. The van der Waals surface area contributed by atoms with Crippen LogP contribution in [-0.2, 0) is 19.3 Å². The molecule has 10 rings (SSSR count). The van der Waals surface area contributed by atoms with Crippen LogP contribution in [0.5, 0.6) is 11.5 Å². The van der Waals surface area contributed by atoms with E-state index >= 15 is 0 Å². The Kier molecular flexibility index (Phi) is 8.54. The van der Waals surface area contributed by atoms with Gasteiger partial charge in [0.2, 0.25) is 11.8 Å². The van der Waals surface area contributed by atoms with Gasteiger partial charge < -0.3 is 24.1 Å². The number of aromatic nitrogens is 4. The van der Waals surface area contributed by atoms with E-state index in [-0.39, 0.29) is 23.7 Å². The minimum atomic E-state index is -0.238. The number of hydrogen-bond donors (Lipinski definition) is 1. The number of fused-ring (bicyclic) bond motifs is 6. The van der Waals surface area contributed by atoms with Crippen molar-refractivity contribution >= 4 is 44.7 Å². The summed E-state index contributed by atoms with van der Waals surface area (Å²) in [4.78, 5) is 26.7. The molecule has 53 heavy (non-hydrogen) atoms. The molecule has 13 heteroatoms. The second kappa shape index (κ2) is 13.4. The molecule has 6 aromatic rings. The maximum absolute atomic E-state index is 14.0. The van der Waals surface area contributed by atoms with Gasteiger partial charge in [0, 0.05) is 65.6 Å². The van der Waals surface area contributed by atoms with Crippen molar-refractivity contribution in [2.75, 3.05) is 32.6 Å². The van der Waals surface area contributed by atoms with Gasteiger partial charge in [0.25, 0.3) is 5.91 Å². The summed E-state index contributed by atoms with van der Waals surface area (Å²) < 4.78 is 31.3. The maximum atomic E-state index is 14.0. The molecule has 2 unspecified atom stereocenters. The Bertz CT molecular complexity index is 2430. The largest absolute Gasteiger partial charge is 0.493 e. The first kappa shape index (κ1) is 33.7. The van der Waals surface area contributed by atoms with Gasteiger partial charge in [-0.2, -0.15) is 0 Å². The molecule has 4 aliphatic rings. The quantitative estimate of drug-likeness (QED) is 0.178. The van der Waals surface area contributed by atoms with Gasteiger partial charge in [0.15, 0.2) is 11.6 Å². The molecule has 3 aliphatic heterocycles. The SMILES string of the molecule is CNc1nccc2cc(-c3c4c(nc(CC5COc6cc(Cl)ccc65)c3-c3nnc(C)o3)C3CCCN3C4=O)sc12.COc1c(F)ccc2c1CCC2. The summed E-state index contributed by atoms with van der Waals surface area (Å²) in [5, 5.41) is 13.5. The summed E-state index contributed by atoms with van der Waals surface area (Å²) in [7, 11) is 3.39. The molecule has 0 radical (unpaired) electrons. The van der Waals surface area contributed by atoms with Crippen LogP contribution in [-0.4, -0.2) is 58.3 Å². The molecule has 1 fully saturated rings. The molecule has 2 aromatic carbocycles. The number of aryl methyl sites for hydroxylation is 2. The van der Waals surface area contributed by atoms with E-state index in [4.69, 9.17) is 30.5 Å². The number of hydrogen-bond acceptors (Lipinski definition) is 10. The fourth-order valence-corrected chi connectivity index (χ4v) is 9.69. The van der Waals surface area contributed by atoms with Gasteiger partial charge in [0.1, 0.15) is 11.6 Å². The smallest absolute Gasteiger partial charge is 0.257 e. The lowest BCUT2D eigenvalue weighted by Crippen LogP contribution is -2.22. The summed E-state index contributed by atoms with van der Waals surface area (Å²) in [6, 6.07) is 13.2. The number of halogens is 2. The lowest BCUT2D eigenvalue weighted by atomic mass is 9.89. The van der Waals surface area contributed by atoms with Crippen LogP contribution < -0.4 is 14.8 Å². The van der Waals surface area contributed by atoms with Crippen molar-refractivity contribution in [3.05, 3.63) is 99.0 Å². The van der Waals surface area contributed by atoms with E-state index in [1.165, 1.54) is 18.7 Å². The van der Waals surface area contributed by atoms with Crippen LogP contribution in [0.25, 0.3) is 32.0 Å². The lowest BCUT2D eigenvalue weighted by Gasteiger charge is -2.18. The van der Waals surface area contributed by atoms with E-state index in [1.54, 1.807) is 24.5 Å². The number of amides is 1. The predicted octanol–water partition coefficient (Wildman–Crippen LogP) is 8.74. The highest BCUT2D eigenvalue weighted by Gasteiger charge is 2.45. The molecule has 7 heterocycles. The number of anilines is 1. The van der Waals surface area contributed by atoms with E-state index in [2.05, 4.69) is 26.6 Å². The van der Waals surface area contributed by atoms with Gasteiger partial charge in [-0.3, -0.25) is 9.78 Å². The van der Waals surface area contributed by atoms with Crippen molar-refractivity contribution in [2.24, 2.45) is 0 Å². The summed E-state index contributed by atoms with van der Waals surface area (Å²) in [6.45, 7) is 3.02. The molecule has 1 saturated heterocycles. The summed E-state index contributed by atoms with van der Waals surface area (Å²) >= 11 is 7.85. The minimum Gasteiger partial charge on any atom is -0.493 e. The first-order valence-electron chi connectivity index (χ1n) is 17.8. The number of nitrogens with zero attached hydrogens (tertiary/aromatic N) is 5. The number of carbonyl (C=O) groups excluding carboxylic acids is 1. The average molecular weight is 751 g/mol. The molecule has 10 nitrogen and oxygen atoms in total. The fraction of sp³-hybridized carbons (Fsp3) is 0.325. The van der Waals surface area contributed by atoms with Crippen molar-refractivity contribution in [3.8, 4) is 33.4 Å². The Morgan fingerprint density at radius 2 is 1.98 bits per heavy atom. The van der Waals surface area contributed by atoms with Crippen LogP contribution in [0.2, 0.25) is 5.02 Å². The molecular formula is C40H36ClFN6O4S. The number of benzene rings is 2. The molecule has 2 atom stereocenters. The van der Waals surface area contributed by atoms with Crippen LogP contribution in [0.1, 0.15) is 75.5 Å². The number of nitrogens with one attached hydrogen (secondary N) is 1. The number of pyridine rings is 2. The Balaban J connectivity index is 0.000000263. The molecule has 4 aromatic heterocycles. The van der Waals surface area contributed by atoms with E-state index < -0.39 is 0 Å². The summed E-state index contributed by atoms with van der Waals surface area (Å²) in [5.74, 6) is 2.69. The van der Waals surface area contributed by atoms with Crippen LogP contribution in [0.3, 0.4) is 0 Å². The molecule has 270 valence electrons. The molecule has 1 N–H and O–H groups in total. The number of rotatable bonds is 6. The Labute approximate surface area is 314 Å². The van der Waals surface area contributed by atoms with Crippen LogP contribution >= 0.6 is 22.9 Å². The Morgan fingerprint density at radius 3 is 2.79 bits per heavy atom. The third kappa shape index (κ3) is 5.70. The highest BCUT2D eigenvalue weighted by Crippen LogP contribution is 2.51. The first-order valence-corrected chi connectivity index (χ1v) is 19.0. The van der Waals surface area contributed by atoms with Crippen LogP contribution in [0.15, 0.2) is 53.1 Å². The number of ether oxygens (including phenoxy) is 2. The zero-order valence-corrected chi connectivity index (χ0v) is 31.0. The van der Waals surface area contributed by atoms with Gasteiger partial charge >= 0.3 is 0 Å². The van der Waals surface area contributed by atoms with Crippen molar-refractivity contribution < 1.29 is 23.1 Å². The van der Waals surface area contributed by atoms with Crippen molar-refractivity contribution in [2.45, 2.75) is 57.4 Å². The monoisotopic (exact) mass is 750 g/mol. The van der Waals surface area contributed by atoms with Crippen LogP contribution in [0, 0.1) is 12.7 Å². The van der Waals surface area contributed by atoms with Crippen molar-refractivity contribution in [1.82, 2.24) is 25.1 Å². The fourth-order valence-electron chi connectivity index (χ4n) is 8.32. The zero-order valence-electron chi connectivity index (χ0n) is 29.5. The predicted molar refractivity (Wildman–Crippen MR) is 202 cm³/mol. The van der Waals surface area contributed by atoms with Gasteiger partial charge in [0.05, 0.1) is 47.0 Å². The number of carbonyl (C=O) groups is 1. The average Bonchev–Trinajstić information content (AvgIpc) is 4.02. The van der Waals surface area contributed by atoms with Crippen LogP contribution in [0.4, 0.5) is 10.2 Å². The maximum Gasteiger partial charge on any atom is 0.257 e. The number of thiophene rings is 1. The third-order valence-electron chi connectivity index (χ3n) is 10.7. The zero-order chi connectivity index (χ0) is 36.4. The molecule has 0 saturated carbocycles. The Hall–Kier alpha value is -5.07. The van der Waals surface area contributed by atoms with Crippen molar-refractivity contribution in [3.63, 3.8) is 0 Å². The van der Waals surface area contributed by atoms with E-state index in [9.17, 15) is 9.18 Å². The molecular weight excluding hydrogens is 715 g/mol. The molecule has 0 bridgehead atoms. The normalized spacial score (nSPS) is 18.0. The first-order chi connectivity index (χ1) is 25.8. The molecule has 1 aliphatic carbocycles. The summed E-state index contributed by atoms with van der Waals surface area (Å²) in [6.07, 6.45) is 7.38. The molecule has 0 spiro atoms. The van der Waals surface area contributed by atoms with Gasteiger partial charge in [-0.05, 0) is 73.4 Å². The Morgan fingerprint density at radius 1 is 1.09 bits per heavy atom. The highest BCUT2D eigenvalue weighted by atomic mass is 35.5. The van der Waals surface area contributed by atoms with E-state index in [1.807, 2.05) is 42.3 Å². The standard InChI is InChI=1S/C30H25ClN6O3S.C10H11FO/c1-14-35-36-29(40-14)23-19(10-16-13-39-21-12-17(31)5-6-18(16)21)34-26-20-4-3-9-37(20)30(38)25(26)24(23)22-11-15-7-8-33-28(32-2)27(15)41-22;1-12-10-8-4-2-3-7(8)5-6-9(10)11/h5-8,11-12,16,20H,3-4,9-10,13H2,1-2H3,(H,32,33);5-6H,2-4H2,1H3. The van der Waals surface area contributed by atoms with Gasteiger partial charge in [-0.25, -0.2) is 9.37 Å². The topological polar surface area (TPSA) is 116 Å². The lowest BCUT2D eigenvalue weighted by molar-refractivity contribution is 0.0776. The van der Waals surface area contributed by atoms with Gasteiger partial charge in [-0.15, -0.1) is 21.5 Å². The van der Waals surface area contributed by atoms with E-state index in [0.717, 1.165) is 93.3 Å². The second-order valence-electron chi connectivity index (χ2n) is 13.8. The third-order valence-corrected chi connectivity index (χ3v) is 12.1. The highest BCUT2D eigenvalue weighted by molar-refractivity contribution is 7.23. The minimum absolute atomic E-state index is 0.0163. The molecule has 1 amide bonds. The second-order valence-corrected chi connectivity index (χ2v) is 15.2.